The van der Waals surface area contributed by atoms with E-state index in [2.05, 4.69) is 9.97 Å². The van der Waals surface area contributed by atoms with Crippen LogP contribution < -0.4 is 4.72 Å². The van der Waals surface area contributed by atoms with Gasteiger partial charge in [0.05, 0.1) is 34.2 Å². The van der Waals surface area contributed by atoms with Gasteiger partial charge in [0.15, 0.2) is 5.82 Å². The Morgan fingerprint density at radius 1 is 1.33 bits per heavy atom. The van der Waals surface area contributed by atoms with E-state index in [1.54, 1.807) is 0 Å². The van der Waals surface area contributed by atoms with E-state index in [1.165, 1.54) is 25.4 Å². The van der Waals surface area contributed by atoms with Crippen molar-refractivity contribution in [1.29, 1.82) is 5.26 Å². The normalized spacial score (nSPS) is 11.3. The first-order valence-electron chi connectivity index (χ1n) is 7.68. The summed E-state index contributed by atoms with van der Waals surface area (Å²) in [5, 5.41) is 9.34. The van der Waals surface area contributed by atoms with Crippen LogP contribution in [0.25, 0.3) is 11.0 Å². The Hall–Kier alpha value is -3.32. The number of rotatable bonds is 5. The third-order valence-electron chi connectivity index (χ3n) is 3.90. The molecule has 0 amide bonds. The van der Waals surface area contributed by atoms with E-state index in [9.17, 15) is 27.3 Å². The first-order chi connectivity index (χ1) is 12.8. The van der Waals surface area contributed by atoms with Crippen LogP contribution in [0.3, 0.4) is 0 Å². The number of pyridine rings is 1. The van der Waals surface area contributed by atoms with Crippen molar-refractivity contribution in [2.45, 2.75) is 6.92 Å². The minimum Gasteiger partial charge on any atom is -0.345 e. The molecule has 2 N–H and O–H groups in total. The van der Waals surface area contributed by atoms with Gasteiger partial charge >= 0.3 is 0 Å². The highest BCUT2D eigenvalue weighted by atomic mass is 32.2. The van der Waals surface area contributed by atoms with Gasteiger partial charge < -0.3 is 4.98 Å². The number of H-pyrrole nitrogens is 1. The monoisotopic (exact) mass is 390 g/mol. The number of sulfonamides is 1. The van der Waals surface area contributed by atoms with E-state index in [1.807, 2.05) is 10.8 Å². The van der Waals surface area contributed by atoms with Crippen LogP contribution in [-0.2, 0) is 10.0 Å². The van der Waals surface area contributed by atoms with Crippen molar-refractivity contribution >= 4 is 32.5 Å². The van der Waals surface area contributed by atoms with Gasteiger partial charge in [0.1, 0.15) is 11.5 Å². The molecule has 0 aliphatic heterocycles. The highest BCUT2D eigenvalue weighted by Gasteiger charge is 2.26. The summed E-state index contributed by atoms with van der Waals surface area (Å²) in [5.74, 6) is -3.87. The van der Waals surface area contributed by atoms with Crippen LogP contribution in [0, 0.1) is 23.0 Å². The van der Waals surface area contributed by atoms with Crippen molar-refractivity contribution in [3.05, 3.63) is 58.9 Å². The molecule has 27 heavy (non-hydrogen) atoms. The molecule has 0 aliphatic rings. The highest BCUT2D eigenvalue weighted by molar-refractivity contribution is 7.92. The Bertz CT molecular complexity index is 1210. The van der Waals surface area contributed by atoms with E-state index >= 15 is 0 Å². The van der Waals surface area contributed by atoms with Crippen molar-refractivity contribution in [2.75, 3.05) is 10.5 Å². The van der Waals surface area contributed by atoms with E-state index in [0.717, 1.165) is 12.1 Å². The van der Waals surface area contributed by atoms with Crippen LogP contribution in [0.5, 0.6) is 0 Å². The molecule has 0 spiro atoms. The van der Waals surface area contributed by atoms with Crippen molar-refractivity contribution < 1.29 is 22.0 Å². The van der Waals surface area contributed by atoms with Gasteiger partial charge in [-0.05, 0) is 25.1 Å². The number of aromatic amines is 1. The predicted molar refractivity (Wildman–Crippen MR) is 93.7 cm³/mol. The van der Waals surface area contributed by atoms with Gasteiger partial charge in [0.25, 0.3) is 0 Å². The molecule has 0 saturated carbocycles. The molecule has 2 heterocycles. The highest BCUT2D eigenvalue weighted by Crippen LogP contribution is 2.28. The van der Waals surface area contributed by atoms with Crippen molar-refractivity contribution in [1.82, 2.24) is 9.97 Å². The number of nitrogens with zero attached hydrogens (tertiary/aromatic N) is 2. The van der Waals surface area contributed by atoms with Crippen LogP contribution in [-0.4, -0.2) is 29.9 Å². The fourth-order valence-electron chi connectivity index (χ4n) is 2.54. The molecule has 0 radical (unpaired) electrons. The van der Waals surface area contributed by atoms with Gasteiger partial charge in [0, 0.05) is 17.8 Å². The van der Waals surface area contributed by atoms with Gasteiger partial charge in [0.2, 0.25) is 15.8 Å². The van der Waals surface area contributed by atoms with Gasteiger partial charge in [-0.1, -0.05) is 0 Å². The lowest BCUT2D eigenvalue weighted by molar-refractivity contribution is 0.103. The zero-order valence-corrected chi connectivity index (χ0v) is 14.7. The van der Waals surface area contributed by atoms with Gasteiger partial charge in [-0.15, -0.1) is 0 Å². The largest absolute Gasteiger partial charge is 0.345 e. The number of carbonyl (C=O) groups is 1. The van der Waals surface area contributed by atoms with Gasteiger partial charge in [-0.3, -0.25) is 9.52 Å². The average Bonchev–Trinajstić information content (AvgIpc) is 3.08. The number of anilines is 1. The first kappa shape index (κ1) is 18.5. The Morgan fingerprint density at radius 2 is 2.07 bits per heavy atom. The van der Waals surface area contributed by atoms with Crippen LogP contribution in [0.4, 0.5) is 14.5 Å². The van der Waals surface area contributed by atoms with E-state index in [-0.39, 0.29) is 27.9 Å². The van der Waals surface area contributed by atoms with Crippen LogP contribution in [0.15, 0.2) is 30.6 Å². The van der Waals surface area contributed by atoms with E-state index < -0.39 is 38.7 Å². The fraction of sp³-hybridized carbons (Fsp3) is 0.118. The molecule has 0 atom stereocenters. The Kier molecular flexibility index (Phi) is 4.63. The lowest BCUT2D eigenvalue weighted by Gasteiger charge is -2.11. The zero-order chi connectivity index (χ0) is 19.8. The average molecular weight is 390 g/mol. The van der Waals surface area contributed by atoms with Gasteiger partial charge in [-0.2, -0.15) is 5.26 Å². The molecular formula is C17H12F2N4O3S. The summed E-state index contributed by atoms with van der Waals surface area (Å²) in [5.41, 5.74) is -1.31. The number of hydrogen-bond donors (Lipinski definition) is 2. The number of hydrogen-bond acceptors (Lipinski definition) is 5. The molecule has 7 nitrogen and oxygen atoms in total. The molecule has 2 aromatic heterocycles. The third-order valence-corrected chi connectivity index (χ3v) is 5.19. The predicted octanol–water partition coefficient (Wildman–Crippen LogP) is 2.71. The molecule has 0 unspecified atom stereocenters. The smallest absolute Gasteiger partial charge is 0.232 e. The number of ketones is 1. The Morgan fingerprint density at radius 3 is 2.74 bits per heavy atom. The quantitative estimate of drug-likeness (QED) is 0.650. The summed E-state index contributed by atoms with van der Waals surface area (Å²) in [6, 6.07) is 4.95. The number of nitrogens with one attached hydrogen (secondary N) is 2. The minimum absolute atomic E-state index is 0.105. The summed E-state index contributed by atoms with van der Waals surface area (Å²) < 4.78 is 54.3. The maximum Gasteiger partial charge on any atom is 0.232 e. The molecule has 10 heteroatoms. The SMILES string of the molecule is CCS(=O)(=O)Nc1ccc(F)c(C(=O)c2c[nH]c3nccc(C#N)c23)c1F. The number of carbonyl (C=O) groups excluding carboxylic acids is 1. The second kappa shape index (κ2) is 6.77. The van der Waals surface area contributed by atoms with Crippen LogP contribution >= 0.6 is 0 Å². The fourth-order valence-corrected chi connectivity index (χ4v) is 3.18. The molecule has 3 aromatic rings. The second-order valence-corrected chi connectivity index (χ2v) is 7.53. The number of benzene rings is 1. The zero-order valence-electron chi connectivity index (χ0n) is 13.9. The summed E-state index contributed by atoms with van der Waals surface area (Å²) >= 11 is 0. The van der Waals surface area contributed by atoms with Crippen molar-refractivity contribution in [3.63, 3.8) is 0 Å². The molecule has 0 fully saturated rings. The lowest BCUT2D eigenvalue weighted by Crippen LogP contribution is -2.17. The molecule has 138 valence electrons. The summed E-state index contributed by atoms with van der Waals surface area (Å²) in [6.07, 6.45) is 2.55. The molecule has 0 bridgehead atoms. The molecule has 0 aliphatic carbocycles. The summed E-state index contributed by atoms with van der Waals surface area (Å²) in [4.78, 5) is 19.4. The summed E-state index contributed by atoms with van der Waals surface area (Å²) in [6.45, 7) is 1.35. The van der Waals surface area contributed by atoms with E-state index in [0.29, 0.717) is 0 Å². The third kappa shape index (κ3) is 3.24. The Balaban J connectivity index is 2.18. The lowest BCUT2D eigenvalue weighted by atomic mass is 10.00. The van der Waals surface area contributed by atoms with Crippen molar-refractivity contribution in [3.8, 4) is 6.07 Å². The number of aromatic nitrogens is 2. The number of halogens is 2. The standard InChI is InChI=1S/C17H12F2N4O3S/c1-2-27(25,26)23-12-4-3-11(18)14(15(12)19)16(24)10-8-22-17-13(10)9(7-20)5-6-21-17/h3-6,8,23H,2H2,1H3,(H,21,22). The van der Waals surface area contributed by atoms with Crippen LogP contribution in [0.1, 0.15) is 28.4 Å². The topological polar surface area (TPSA) is 116 Å². The van der Waals surface area contributed by atoms with Crippen LogP contribution in [0.2, 0.25) is 0 Å². The first-order valence-corrected chi connectivity index (χ1v) is 9.33. The van der Waals surface area contributed by atoms with E-state index in [4.69, 9.17) is 0 Å². The molecular weight excluding hydrogens is 378 g/mol. The van der Waals surface area contributed by atoms with Gasteiger partial charge in [-0.25, -0.2) is 22.2 Å². The number of fused-ring (bicyclic) bond motifs is 1. The maximum absolute atomic E-state index is 14.7. The number of nitriles is 1. The Labute approximate surface area is 152 Å². The minimum atomic E-state index is -3.83. The molecule has 1 aromatic carbocycles. The molecule has 3 rings (SSSR count). The molecule has 0 saturated heterocycles. The maximum atomic E-state index is 14.7. The summed E-state index contributed by atoms with van der Waals surface area (Å²) in [7, 11) is -3.83. The van der Waals surface area contributed by atoms with Crippen molar-refractivity contribution in [2.24, 2.45) is 0 Å². The second-order valence-electron chi connectivity index (χ2n) is 5.51.